The van der Waals surface area contributed by atoms with Crippen LogP contribution in [0.3, 0.4) is 0 Å². The van der Waals surface area contributed by atoms with E-state index in [1.54, 1.807) is 30.3 Å². The van der Waals surface area contributed by atoms with E-state index in [9.17, 15) is 4.79 Å². The second kappa shape index (κ2) is 6.51. The van der Waals surface area contributed by atoms with Gasteiger partial charge < -0.3 is 5.73 Å². The topological polar surface area (TPSA) is 115 Å². The van der Waals surface area contributed by atoms with Gasteiger partial charge in [0.05, 0.1) is 11.0 Å². The predicted molar refractivity (Wildman–Crippen MR) is 73.2 cm³/mol. The van der Waals surface area contributed by atoms with Crippen LogP contribution >= 0.6 is 15.9 Å². The number of hydrazone groups is 1. The molecule has 7 heteroatoms. The fraction of sp³-hybridized carbons (Fsp3) is 0.0909. The number of ketones is 1. The summed E-state index contributed by atoms with van der Waals surface area (Å²) in [5, 5.41) is 19.6. The van der Waals surface area contributed by atoms with Crippen LogP contribution in [0.1, 0.15) is 10.4 Å². The Balaban J connectivity index is 2.79. The van der Waals surface area contributed by atoms with E-state index in [1.165, 1.54) is 0 Å². The van der Waals surface area contributed by atoms with Crippen molar-refractivity contribution in [2.75, 3.05) is 10.8 Å². The van der Waals surface area contributed by atoms with Crippen molar-refractivity contribution in [3.05, 3.63) is 29.8 Å². The van der Waals surface area contributed by atoms with Gasteiger partial charge in [0.15, 0.2) is 11.6 Å². The van der Waals surface area contributed by atoms with Crippen molar-refractivity contribution in [2.24, 2.45) is 10.8 Å². The number of nitrogens with one attached hydrogen (secondary N) is 2. The third-order valence-electron chi connectivity index (χ3n) is 1.99. The van der Waals surface area contributed by atoms with Gasteiger partial charge in [0.1, 0.15) is 6.07 Å². The number of anilines is 1. The summed E-state index contributed by atoms with van der Waals surface area (Å²) in [5.41, 5.74) is 8.69. The summed E-state index contributed by atoms with van der Waals surface area (Å²) in [6.45, 7) is 0. The number of carbonyl (C=O) groups is 1. The molecule has 1 aromatic carbocycles. The number of rotatable bonds is 5. The van der Waals surface area contributed by atoms with Gasteiger partial charge >= 0.3 is 0 Å². The number of halogens is 1. The molecule has 6 nitrogen and oxygen atoms in total. The van der Waals surface area contributed by atoms with E-state index in [2.05, 4.69) is 26.5 Å². The van der Waals surface area contributed by atoms with Crippen LogP contribution in [0, 0.1) is 16.7 Å². The summed E-state index contributed by atoms with van der Waals surface area (Å²) >= 11 is 3.08. The summed E-state index contributed by atoms with van der Waals surface area (Å²) in [6, 6.07) is 8.26. The standard InChI is InChI=1S/C11H10BrN5O/c12-5-10(18)7-1-3-8(4-2-7)16-17-9(6-13)11(14)15/h1-4,16H,5H2,(H3,14,15)/b17-9+. The first-order chi connectivity index (χ1) is 8.58. The number of Topliss-reactive ketones (excluding diaryl/α,β-unsaturated/α-hetero) is 1. The summed E-state index contributed by atoms with van der Waals surface area (Å²) in [4.78, 5) is 11.3. The van der Waals surface area contributed by atoms with E-state index < -0.39 is 5.84 Å². The molecule has 0 spiro atoms. The Bertz CT molecular complexity index is 529. The Hall–Kier alpha value is -2.20. The van der Waals surface area contributed by atoms with Gasteiger partial charge in [0, 0.05) is 5.56 Å². The molecule has 0 saturated heterocycles. The molecule has 0 aliphatic rings. The highest BCUT2D eigenvalue weighted by Gasteiger charge is 2.03. The van der Waals surface area contributed by atoms with Crippen molar-refractivity contribution in [1.82, 2.24) is 0 Å². The SMILES string of the molecule is N#C/C(=N\Nc1ccc(C(=O)CBr)cc1)C(=N)N. The third-order valence-corrected chi connectivity index (χ3v) is 2.50. The largest absolute Gasteiger partial charge is 0.382 e. The van der Waals surface area contributed by atoms with Gasteiger partial charge in [-0.3, -0.25) is 15.6 Å². The molecule has 0 bridgehead atoms. The second-order valence-corrected chi connectivity index (χ2v) is 3.79. The molecule has 0 radical (unpaired) electrons. The lowest BCUT2D eigenvalue weighted by Gasteiger charge is -2.02. The molecule has 0 aliphatic heterocycles. The van der Waals surface area contributed by atoms with Crippen molar-refractivity contribution >= 4 is 38.9 Å². The van der Waals surface area contributed by atoms with Crippen LogP contribution in [0.5, 0.6) is 0 Å². The molecule has 18 heavy (non-hydrogen) atoms. The molecular weight excluding hydrogens is 298 g/mol. The summed E-state index contributed by atoms with van der Waals surface area (Å²) < 4.78 is 0. The number of benzene rings is 1. The van der Waals surface area contributed by atoms with Gasteiger partial charge in [-0.2, -0.15) is 10.4 Å². The summed E-state index contributed by atoms with van der Waals surface area (Å²) in [7, 11) is 0. The highest BCUT2D eigenvalue weighted by atomic mass is 79.9. The van der Waals surface area contributed by atoms with E-state index in [1.807, 2.05) is 0 Å². The molecule has 1 rings (SSSR count). The van der Waals surface area contributed by atoms with Crippen LogP contribution in [0.4, 0.5) is 5.69 Å². The lowest BCUT2D eigenvalue weighted by atomic mass is 10.1. The number of nitrogens with two attached hydrogens (primary N) is 1. The number of alkyl halides is 1. The van der Waals surface area contributed by atoms with Gasteiger partial charge in [-0.15, -0.1) is 0 Å². The Morgan fingerprint density at radius 3 is 2.56 bits per heavy atom. The van der Waals surface area contributed by atoms with Crippen molar-refractivity contribution < 1.29 is 4.79 Å². The zero-order valence-corrected chi connectivity index (χ0v) is 10.9. The first-order valence-electron chi connectivity index (χ1n) is 4.86. The molecule has 0 heterocycles. The number of nitrogens with zero attached hydrogens (tertiary/aromatic N) is 2. The number of amidine groups is 1. The molecule has 0 aliphatic carbocycles. The molecule has 0 fully saturated rings. The van der Waals surface area contributed by atoms with Crippen LogP contribution in [0.25, 0.3) is 0 Å². The highest BCUT2D eigenvalue weighted by Crippen LogP contribution is 2.10. The van der Waals surface area contributed by atoms with Crippen molar-refractivity contribution in [3.8, 4) is 6.07 Å². The fourth-order valence-electron chi connectivity index (χ4n) is 1.07. The average Bonchev–Trinajstić information content (AvgIpc) is 2.39. The maximum atomic E-state index is 11.3. The zero-order valence-electron chi connectivity index (χ0n) is 9.27. The predicted octanol–water partition coefficient (Wildman–Crippen LogP) is 1.49. The zero-order chi connectivity index (χ0) is 13.5. The smallest absolute Gasteiger partial charge is 0.201 e. The molecular formula is C11H10BrN5O. The third kappa shape index (κ3) is 3.68. The van der Waals surface area contributed by atoms with E-state index in [0.29, 0.717) is 11.3 Å². The molecule has 0 atom stereocenters. The molecule has 0 unspecified atom stereocenters. The van der Waals surface area contributed by atoms with E-state index in [0.717, 1.165) is 0 Å². The minimum atomic E-state index is -0.406. The maximum Gasteiger partial charge on any atom is 0.201 e. The van der Waals surface area contributed by atoms with Crippen LogP contribution in [0.15, 0.2) is 29.4 Å². The summed E-state index contributed by atoms with van der Waals surface area (Å²) in [5.74, 6) is -0.428. The number of hydrogen-bond acceptors (Lipinski definition) is 5. The Kier molecular flexibility index (Phi) is 5.02. The Labute approximate surface area is 112 Å². The average molecular weight is 308 g/mol. The van der Waals surface area contributed by atoms with Gasteiger partial charge in [-0.25, -0.2) is 0 Å². The highest BCUT2D eigenvalue weighted by molar-refractivity contribution is 9.09. The molecule has 4 N–H and O–H groups in total. The van der Waals surface area contributed by atoms with Gasteiger partial charge in [0.2, 0.25) is 5.71 Å². The molecule has 92 valence electrons. The molecule has 0 amide bonds. The van der Waals surface area contributed by atoms with Crippen molar-refractivity contribution in [1.29, 1.82) is 10.7 Å². The van der Waals surface area contributed by atoms with Gasteiger partial charge in [-0.05, 0) is 24.3 Å². The quantitative estimate of drug-likeness (QED) is 0.251. The first kappa shape index (κ1) is 13.9. The minimum Gasteiger partial charge on any atom is -0.382 e. The van der Waals surface area contributed by atoms with E-state index in [4.69, 9.17) is 16.4 Å². The van der Waals surface area contributed by atoms with Gasteiger partial charge in [0.25, 0.3) is 0 Å². The van der Waals surface area contributed by atoms with Crippen LogP contribution in [-0.4, -0.2) is 22.7 Å². The van der Waals surface area contributed by atoms with Crippen molar-refractivity contribution in [3.63, 3.8) is 0 Å². The Morgan fingerprint density at radius 1 is 1.50 bits per heavy atom. The molecule has 0 aromatic heterocycles. The maximum absolute atomic E-state index is 11.3. The number of carbonyl (C=O) groups excluding carboxylic acids is 1. The summed E-state index contributed by atoms with van der Waals surface area (Å²) in [6.07, 6.45) is 0. The van der Waals surface area contributed by atoms with Gasteiger partial charge in [-0.1, -0.05) is 15.9 Å². The van der Waals surface area contributed by atoms with Crippen molar-refractivity contribution in [2.45, 2.75) is 0 Å². The number of hydrogen-bond donors (Lipinski definition) is 3. The first-order valence-corrected chi connectivity index (χ1v) is 5.98. The lowest BCUT2D eigenvalue weighted by molar-refractivity contribution is 0.102. The fourth-order valence-corrected chi connectivity index (χ4v) is 1.40. The van der Waals surface area contributed by atoms with Crippen LogP contribution in [0.2, 0.25) is 0 Å². The van der Waals surface area contributed by atoms with Crippen LogP contribution in [-0.2, 0) is 0 Å². The minimum absolute atomic E-state index is 0.0218. The number of nitriles is 1. The van der Waals surface area contributed by atoms with E-state index in [-0.39, 0.29) is 16.8 Å². The second-order valence-electron chi connectivity index (χ2n) is 3.23. The lowest BCUT2D eigenvalue weighted by Crippen LogP contribution is -2.21. The molecule has 1 aromatic rings. The Morgan fingerprint density at radius 2 is 2.11 bits per heavy atom. The van der Waals surface area contributed by atoms with Crippen LogP contribution < -0.4 is 11.2 Å². The van der Waals surface area contributed by atoms with E-state index >= 15 is 0 Å². The normalized spacial score (nSPS) is 10.6. The molecule has 0 saturated carbocycles. The monoisotopic (exact) mass is 307 g/mol.